The van der Waals surface area contributed by atoms with Crippen molar-refractivity contribution in [3.8, 4) is 5.75 Å². The number of carbonyl (C=O) groups excluding carboxylic acids is 2. The van der Waals surface area contributed by atoms with Gasteiger partial charge in [-0.2, -0.15) is 0 Å². The molecule has 1 heterocycles. The number of imide groups is 1. The first kappa shape index (κ1) is 19.6. The summed E-state index contributed by atoms with van der Waals surface area (Å²) in [5, 5.41) is 9.28. The second kappa shape index (κ2) is 8.22. The van der Waals surface area contributed by atoms with Crippen LogP contribution in [-0.2, 0) is 9.59 Å². The van der Waals surface area contributed by atoms with Crippen molar-refractivity contribution in [1.29, 1.82) is 0 Å². The summed E-state index contributed by atoms with van der Waals surface area (Å²) in [6.45, 7) is 2.29. The van der Waals surface area contributed by atoms with Gasteiger partial charge in [0.1, 0.15) is 17.3 Å². The van der Waals surface area contributed by atoms with Gasteiger partial charge in [0.05, 0.1) is 24.5 Å². The van der Waals surface area contributed by atoms with E-state index in [-0.39, 0.29) is 24.4 Å². The van der Waals surface area contributed by atoms with E-state index in [0.29, 0.717) is 23.6 Å². The zero-order valence-corrected chi connectivity index (χ0v) is 15.7. The van der Waals surface area contributed by atoms with Gasteiger partial charge in [0, 0.05) is 19.7 Å². The Morgan fingerprint density at radius 3 is 2.46 bits per heavy atom. The lowest BCUT2D eigenvalue weighted by Crippen LogP contribution is -2.34. The molecule has 0 aliphatic carbocycles. The topological polar surface area (TPSA) is 70.1 Å². The van der Waals surface area contributed by atoms with Crippen LogP contribution in [0.2, 0.25) is 0 Å². The molecule has 2 aromatic carbocycles. The van der Waals surface area contributed by atoms with Crippen LogP contribution in [-0.4, -0.2) is 48.6 Å². The predicted molar refractivity (Wildman–Crippen MR) is 103 cm³/mol. The first-order valence-corrected chi connectivity index (χ1v) is 8.91. The highest BCUT2D eigenvalue weighted by Gasteiger charge is 2.41. The molecule has 1 aliphatic rings. The maximum absolute atomic E-state index is 13.3. The van der Waals surface area contributed by atoms with Crippen LogP contribution in [0.15, 0.2) is 54.2 Å². The number of aliphatic hydroxyl groups is 1. The zero-order valence-electron chi connectivity index (χ0n) is 15.7. The van der Waals surface area contributed by atoms with Gasteiger partial charge in [-0.1, -0.05) is 18.2 Å². The molecule has 0 bridgehead atoms. The summed E-state index contributed by atoms with van der Waals surface area (Å²) in [4.78, 5) is 29.0. The van der Waals surface area contributed by atoms with Gasteiger partial charge in [0.15, 0.2) is 0 Å². The minimum atomic E-state index is -0.509. The van der Waals surface area contributed by atoms with E-state index in [2.05, 4.69) is 0 Å². The third-order valence-electron chi connectivity index (χ3n) is 4.40. The first-order chi connectivity index (χ1) is 13.5. The van der Waals surface area contributed by atoms with E-state index in [4.69, 9.17) is 4.74 Å². The van der Waals surface area contributed by atoms with Gasteiger partial charge in [0.2, 0.25) is 0 Å². The molecule has 0 saturated carbocycles. The number of ether oxygens (including phenoxy) is 1. The molecule has 0 aromatic heterocycles. The van der Waals surface area contributed by atoms with Crippen LogP contribution in [0.25, 0.3) is 5.57 Å². The second-order valence-electron chi connectivity index (χ2n) is 6.25. The van der Waals surface area contributed by atoms with Gasteiger partial charge in [0.25, 0.3) is 11.8 Å². The van der Waals surface area contributed by atoms with Crippen molar-refractivity contribution in [3.63, 3.8) is 0 Å². The molecule has 1 aliphatic heterocycles. The molecule has 0 atom stereocenters. The summed E-state index contributed by atoms with van der Waals surface area (Å²) >= 11 is 0. The van der Waals surface area contributed by atoms with E-state index in [1.165, 1.54) is 29.2 Å². The fraction of sp³-hybridized carbons (Fsp3) is 0.238. The normalized spacial score (nSPS) is 14.1. The number of carbonyl (C=O) groups is 2. The Balaban J connectivity index is 2.09. The summed E-state index contributed by atoms with van der Waals surface area (Å²) in [5.74, 6) is -0.910. The number of nitrogens with zero attached hydrogens (tertiary/aromatic N) is 2. The Morgan fingerprint density at radius 2 is 1.82 bits per heavy atom. The molecule has 0 fully saturated rings. The molecular formula is C21H21FN2O4. The summed E-state index contributed by atoms with van der Waals surface area (Å²) < 4.78 is 18.8. The number of benzene rings is 2. The van der Waals surface area contributed by atoms with E-state index in [1.54, 1.807) is 31.3 Å². The van der Waals surface area contributed by atoms with Crippen molar-refractivity contribution in [2.45, 2.75) is 6.92 Å². The van der Waals surface area contributed by atoms with Crippen molar-refractivity contribution >= 4 is 23.1 Å². The van der Waals surface area contributed by atoms with E-state index in [1.807, 2.05) is 6.92 Å². The maximum Gasteiger partial charge on any atom is 0.282 e. The number of aliphatic hydroxyl groups excluding tert-OH is 1. The number of rotatable bonds is 7. The summed E-state index contributed by atoms with van der Waals surface area (Å²) in [6, 6.07) is 12.1. The molecule has 2 aromatic rings. The maximum atomic E-state index is 13.3. The fourth-order valence-electron chi connectivity index (χ4n) is 3.12. The van der Waals surface area contributed by atoms with Gasteiger partial charge in [-0.3, -0.25) is 9.59 Å². The molecule has 6 nitrogen and oxygen atoms in total. The van der Waals surface area contributed by atoms with E-state index in [0.717, 1.165) is 4.90 Å². The lowest BCUT2D eigenvalue weighted by atomic mass is 10.0. The molecule has 7 heteroatoms. The molecule has 28 heavy (non-hydrogen) atoms. The molecular weight excluding hydrogens is 363 g/mol. The molecule has 0 spiro atoms. The Morgan fingerprint density at radius 1 is 1.11 bits per heavy atom. The highest BCUT2D eigenvalue weighted by atomic mass is 19.1. The van der Waals surface area contributed by atoms with Crippen LogP contribution >= 0.6 is 0 Å². The van der Waals surface area contributed by atoms with Crippen LogP contribution in [0.3, 0.4) is 0 Å². The fourth-order valence-corrected chi connectivity index (χ4v) is 3.12. The van der Waals surface area contributed by atoms with Crippen molar-refractivity contribution < 1.29 is 23.8 Å². The second-order valence-corrected chi connectivity index (χ2v) is 6.25. The number of hydrogen-bond acceptors (Lipinski definition) is 5. The van der Waals surface area contributed by atoms with E-state index in [9.17, 15) is 19.1 Å². The Kier molecular flexibility index (Phi) is 5.75. The van der Waals surface area contributed by atoms with E-state index >= 15 is 0 Å². The average Bonchev–Trinajstić information content (AvgIpc) is 2.93. The molecule has 0 radical (unpaired) electrons. The van der Waals surface area contributed by atoms with Gasteiger partial charge in [-0.05, 0) is 36.8 Å². The lowest BCUT2D eigenvalue weighted by Gasteiger charge is -2.20. The number of likely N-dealkylation sites (N-methyl/N-ethyl adjacent to an activating group) is 1. The quantitative estimate of drug-likeness (QED) is 0.743. The SMILES string of the molecule is CCOc1cccc(N2C(=O)C(c3ccc(F)cc3)=C(N(C)CCO)C2=O)c1. The summed E-state index contributed by atoms with van der Waals surface area (Å²) in [5.41, 5.74) is 1.14. The minimum Gasteiger partial charge on any atom is -0.494 e. The predicted octanol–water partition coefficient (Wildman–Crippen LogP) is 2.43. The third kappa shape index (κ3) is 3.61. The summed E-state index contributed by atoms with van der Waals surface area (Å²) in [7, 11) is 1.63. The Bertz CT molecular complexity index is 924. The zero-order chi connectivity index (χ0) is 20.3. The van der Waals surface area contributed by atoms with Gasteiger partial charge < -0.3 is 14.7 Å². The summed E-state index contributed by atoms with van der Waals surface area (Å²) in [6.07, 6.45) is 0. The van der Waals surface area contributed by atoms with Crippen LogP contribution in [0.4, 0.5) is 10.1 Å². The van der Waals surface area contributed by atoms with Crippen molar-refractivity contribution in [1.82, 2.24) is 4.90 Å². The number of hydrogen-bond donors (Lipinski definition) is 1. The Labute approximate surface area is 162 Å². The molecule has 146 valence electrons. The number of anilines is 1. The van der Waals surface area contributed by atoms with Crippen LogP contribution in [0, 0.1) is 5.82 Å². The highest BCUT2D eigenvalue weighted by molar-refractivity contribution is 6.45. The average molecular weight is 384 g/mol. The van der Waals surface area contributed by atoms with E-state index < -0.39 is 17.6 Å². The monoisotopic (exact) mass is 384 g/mol. The highest BCUT2D eigenvalue weighted by Crippen LogP contribution is 2.35. The Hall–Kier alpha value is -3.19. The minimum absolute atomic E-state index is 0.160. The van der Waals surface area contributed by atoms with Gasteiger partial charge in [-0.25, -0.2) is 9.29 Å². The van der Waals surface area contributed by atoms with Crippen LogP contribution in [0.1, 0.15) is 12.5 Å². The van der Waals surface area contributed by atoms with Crippen molar-refractivity contribution in [2.24, 2.45) is 0 Å². The standard InChI is InChI=1S/C21H21FN2O4/c1-3-28-17-6-4-5-16(13-17)24-20(26)18(14-7-9-15(22)10-8-14)19(21(24)27)23(2)11-12-25/h4-10,13,25H,3,11-12H2,1-2H3. The molecule has 2 amide bonds. The van der Waals surface area contributed by atoms with Crippen molar-refractivity contribution in [2.75, 3.05) is 31.7 Å². The smallest absolute Gasteiger partial charge is 0.282 e. The molecule has 3 rings (SSSR count). The number of halogens is 1. The molecule has 0 saturated heterocycles. The largest absolute Gasteiger partial charge is 0.494 e. The van der Waals surface area contributed by atoms with Gasteiger partial charge in [-0.15, -0.1) is 0 Å². The van der Waals surface area contributed by atoms with Gasteiger partial charge >= 0.3 is 0 Å². The lowest BCUT2D eigenvalue weighted by molar-refractivity contribution is -0.120. The number of amides is 2. The first-order valence-electron chi connectivity index (χ1n) is 8.91. The molecule has 0 unspecified atom stereocenters. The molecule has 1 N–H and O–H groups in total. The van der Waals surface area contributed by atoms with Crippen LogP contribution < -0.4 is 9.64 Å². The van der Waals surface area contributed by atoms with Crippen LogP contribution in [0.5, 0.6) is 5.75 Å². The van der Waals surface area contributed by atoms with Crippen molar-refractivity contribution in [3.05, 3.63) is 65.6 Å². The third-order valence-corrected chi connectivity index (χ3v) is 4.40.